The fraction of sp³-hybridized carbons (Fsp3) is 0.500. The molecule has 0 radical (unpaired) electrons. The number of phenols is 1. The molecule has 0 saturated heterocycles. The van der Waals surface area contributed by atoms with Gasteiger partial charge in [-0.05, 0) is 60.1 Å². The number of unbranched alkanes of at least 4 members (excludes halogenated alkanes) is 1. The molecule has 0 heterocycles. The van der Waals surface area contributed by atoms with Gasteiger partial charge in [0.2, 0.25) is 0 Å². The molecular weight excluding hydrogens is 341 g/mol. The standard InChI is InChI=1S/C14H18INO2/c1-2-3-8-16(11-5-6-11)14(18)10-4-7-12(15)13(17)9-10/h4,7,9,11,17H,2-3,5-6,8H2,1H3. The predicted octanol–water partition coefficient (Wildman–Crippen LogP) is 3.40. The van der Waals surface area contributed by atoms with Crippen molar-refractivity contribution in [3.05, 3.63) is 27.3 Å². The lowest BCUT2D eigenvalue weighted by Crippen LogP contribution is -2.34. The number of hydrogen-bond acceptors (Lipinski definition) is 2. The van der Waals surface area contributed by atoms with Crippen LogP contribution in [-0.2, 0) is 0 Å². The van der Waals surface area contributed by atoms with Gasteiger partial charge in [-0.1, -0.05) is 13.3 Å². The molecule has 0 unspecified atom stereocenters. The molecule has 2 rings (SSSR count). The number of halogens is 1. The Labute approximate surface area is 121 Å². The van der Waals surface area contributed by atoms with Crippen LogP contribution in [0.5, 0.6) is 5.75 Å². The molecule has 1 aliphatic rings. The van der Waals surface area contributed by atoms with Crippen molar-refractivity contribution in [1.29, 1.82) is 0 Å². The number of carbonyl (C=O) groups excluding carboxylic acids is 1. The Bertz CT molecular complexity index is 443. The molecule has 18 heavy (non-hydrogen) atoms. The van der Waals surface area contributed by atoms with Gasteiger partial charge in [0.25, 0.3) is 5.91 Å². The lowest BCUT2D eigenvalue weighted by Gasteiger charge is -2.22. The summed E-state index contributed by atoms with van der Waals surface area (Å²) in [5, 5.41) is 9.68. The molecule has 0 aromatic heterocycles. The van der Waals surface area contributed by atoms with E-state index in [9.17, 15) is 9.90 Å². The predicted molar refractivity (Wildman–Crippen MR) is 79.8 cm³/mol. The Hall–Kier alpha value is -0.780. The summed E-state index contributed by atoms with van der Waals surface area (Å²) < 4.78 is 0.774. The summed E-state index contributed by atoms with van der Waals surface area (Å²) >= 11 is 2.06. The van der Waals surface area contributed by atoms with Crippen LogP contribution in [0.15, 0.2) is 18.2 Å². The van der Waals surface area contributed by atoms with Crippen molar-refractivity contribution >= 4 is 28.5 Å². The topological polar surface area (TPSA) is 40.5 Å². The van der Waals surface area contributed by atoms with E-state index >= 15 is 0 Å². The van der Waals surface area contributed by atoms with Gasteiger partial charge in [0.1, 0.15) is 5.75 Å². The molecule has 1 saturated carbocycles. The van der Waals surface area contributed by atoms with Gasteiger partial charge >= 0.3 is 0 Å². The van der Waals surface area contributed by atoms with Crippen molar-refractivity contribution in [2.75, 3.05) is 6.54 Å². The Morgan fingerprint density at radius 1 is 1.50 bits per heavy atom. The number of amides is 1. The number of rotatable bonds is 5. The fourth-order valence-corrected chi connectivity index (χ4v) is 2.31. The van der Waals surface area contributed by atoms with Gasteiger partial charge in [-0.2, -0.15) is 0 Å². The van der Waals surface area contributed by atoms with Gasteiger partial charge in [0.05, 0.1) is 3.57 Å². The Kier molecular flexibility index (Phi) is 4.48. The minimum Gasteiger partial charge on any atom is -0.507 e. The number of hydrogen-bond donors (Lipinski definition) is 1. The smallest absolute Gasteiger partial charge is 0.254 e. The van der Waals surface area contributed by atoms with Crippen LogP contribution < -0.4 is 0 Å². The van der Waals surface area contributed by atoms with Gasteiger partial charge in [0, 0.05) is 18.2 Å². The number of phenolic OH excluding ortho intramolecular Hbond substituents is 1. The van der Waals surface area contributed by atoms with E-state index in [4.69, 9.17) is 0 Å². The summed E-state index contributed by atoms with van der Waals surface area (Å²) in [5.41, 5.74) is 0.593. The first-order valence-electron chi connectivity index (χ1n) is 6.43. The molecule has 1 aromatic carbocycles. The van der Waals surface area contributed by atoms with E-state index in [1.54, 1.807) is 18.2 Å². The maximum Gasteiger partial charge on any atom is 0.254 e. The average molecular weight is 359 g/mol. The summed E-state index contributed by atoms with van der Waals surface area (Å²) in [6.07, 6.45) is 4.37. The molecule has 1 N–H and O–H groups in total. The summed E-state index contributed by atoms with van der Waals surface area (Å²) in [7, 11) is 0. The molecule has 3 nitrogen and oxygen atoms in total. The normalized spacial score (nSPS) is 14.6. The third-order valence-electron chi connectivity index (χ3n) is 3.19. The molecule has 1 aliphatic carbocycles. The Morgan fingerprint density at radius 3 is 2.78 bits per heavy atom. The SMILES string of the molecule is CCCCN(C(=O)c1ccc(I)c(O)c1)C1CC1. The lowest BCUT2D eigenvalue weighted by atomic mass is 10.1. The number of aromatic hydroxyl groups is 1. The van der Waals surface area contributed by atoms with Crippen LogP contribution in [0.3, 0.4) is 0 Å². The van der Waals surface area contributed by atoms with E-state index in [2.05, 4.69) is 29.5 Å². The van der Waals surface area contributed by atoms with Crippen molar-refractivity contribution in [2.24, 2.45) is 0 Å². The van der Waals surface area contributed by atoms with Crippen LogP contribution in [0.4, 0.5) is 0 Å². The van der Waals surface area contributed by atoms with E-state index in [-0.39, 0.29) is 11.7 Å². The number of carbonyl (C=O) groups is 1. The van der Waals surface area contributed by atoms with Gasteiger partial charge < -0.3 is 10.0 Å². The van der Waals surface area contributed by atoms with Crippen LogP contribution in [0.2, 0.25) is 0 Å². The minimum atomic E-state index is 0.0534. The minimum absolute atomic E-state index is 0.0534. The van der Waals surface area contributed by atoms with Crippen LogP contribution >= 0.6 is 22.6 Å². The van der Waals surface area contributed by atoms with Crippen molar-refractivity contribution in [3.8, 4) is 5.75 Å². The molecule has 0 bridgehead atoms. The van der Waals surface area contributed by atoms with Gasteiger partial charge in [-0.3, -0.25) is 4.79 Å². The largest absolute Gasteiger partial charge is 0.507 e. The Balaban J connectivity index is 2.13. The second kappa shape index (κ2) is 5.91. The highest BCUT2D eigenvalue weighted by atomic mass is 127. The van der Waals surface area contributed by atoms with Gasteiger partial charge in [-0.25, -0.2) is 0 Å². The maximum absolute atomic E-state index is 12.4. The Morgan fingerprint density at radius 2 is 2.22 bits per heavy atom. The summed E-state index contributed by atoms with van der Waals surface area (Å²) in [6, 6.07) is 5.58. The monoisotopic (exact) mass is 359 g/mol. The van der Waals surface area contributed by atoms with E-state index in [1.165, 1.54) is 0 Å². The third-order valence-corrected chi connectivity index (χ3v) is 4.11. The molecule has 0 spiro atoms. The van der Waals surface area contributed by atoms with E-state index in [1.807, 2.05) is 4.90 Å². The molecular formula is C14H18INO2. The first-order chi connectivity index (χ1) is 8.63. The average Bonchev–Trinajstić information content (AvgIpc) is 3.17. The van der Waals surface area contributed by atoms with Crippen LogP contribution in [0, 0.1) is 3.57 Å². The molecule has 4 heteroatoms. The zero-order valence-electron chi connectivity index (χ0n) is 10.5. The summed E-state index contributed by atoms with van der Waals surface area (Å²) in [6.45, 7) is 2.96. The summed E-state index contributed by atoms with van der Waals surface area (Å²) in [5.74, 6) is 0.241. The lowest BCUT2D eigenvalue weighted by molar-refractivity contribution is 0.0740. The van der Waals surface area contributed by atoms with Crippen molar-refractivity contribution in [1.82, 2.24) is 4.90 Å². The zero-order chi connectivity index (χ0) is 13.1. The quantitative estimate of drug-likeness (QED) is 0.819. The van der Waals surface area contributed by atoms with Crippen molar-refractivity contribution in [3.63, 3.8) is 0 Å². The van der Waals surface area contributed by atoms with E-state index in [0.29, 0.717) is 11.6 Å². The van der Waals surface area contributed by atoms with Gasteiger partial charge in [-0.15, -0.1) is 0 Å². The van der Waals surface area contributed by atoms with Gasteiger partial charge in [0.15, 0.2) is 0 Å². The molecule has 1 amide bonds. The molecule has 0 atom stereocenters. The molecule has 98 valence electrons. The molecule has 1 aromatic rings. The summed E-state index contributed by atoms with van der Waals surface area (Å²) in [4.78, 5) is 14.4. The fourth-order valence-electron chi connectivity index (χ4n) is 1.98. The second-order valence-corrected chi connectivity index (χ2v) is 5.91. The maximum atomic E-state index is 12.4. The first-order valence-corrected chi connectivity index (χ1v) is 7.51. The van der Waals surface area contributed by atoms with Crippen LogP contribution in [0.25, 0.3) is 0 Å². The number of benzene rings is 1. The van der Waals surface area contributed by atoms with E-state index in [0.717, 1.165) is 35.8 Å². The highest BCUT2D eigenvalue weighted by Gasteiger charge is 2.32. The molecule has 1 fully saturated rings. The second-order valence-electron chi connectivity index (χ2n) is 4.75. The first kappa shape index (κ1) is 13.6. The van der Waals surface area contributed by atoms with Crippen molar-refractivity contribution < 1.29 is 9.90 Å². The highest BCUT2D eigenvalue weighted by molar-refractivity contribution is 14.1. The van der Waals surface area contributed by atoms with E-state index < -0.39 is 0 Å². The van der Waals surface area contributed by atoms with Crippen molar-refractivity contribution in [2.45, 2.75) is 38.6 Å². The third kappa shape index (κ3) is 3.16. The molecule has 0 aliphatic heterocycles. The number of nitrogens with zero attached hydrogens (tertiary/aromatic N) is 1. The van der Waals surface area contributed by atoms with Crippen LogP contribution in [-0.4, -0.2) is 28.5 Å². The van der Waals surface area contributed by atoms with Crippen LogP contribution in [0.1, 0.15) is 43.0 Å². The zero-order valence-corrected chi connectivity index (χ0v) is 12.7. The highest BCUT2D eigenvalue weighted by Crippen LogP contribution is 2.29.